The van der Waals surface area contributed by atoms with Crippen molar-refractivity contribution < 1.29 is 4.79 Å². The van der Waals surface area contributed by atoms with E-state index in [4.69, 9.17) is 5.73 Å². The van der Waals surface area contributed by atoms with E-state index in [1.165, 1.54) is 12.3 Å². The van der Waals surface area contributed by atoms with E-state index in [2.05, 4.69) is 4.98 Å². The number of H-pyrrole nitrogens is 1. The van der Waals surface area contributed by atoms with E-state index >= 15 is 0 Å². The van der Waals surface area contributed by atoms with E-state index in [-0.39, 0.29) is 35.8 Å². The number of amides is 1. The number of benzene rings is 1. The van der Waals surface area contributed by atoms with Crippen molar-refractivity contribution in [3.63, 3.8) is 0 Å². The fraction of sp³-hybridized carbons (Fsp3) is 0.250. The molecule has 3 rings (SSSR count). The van der Waals surface area contributed by atoms with Gasteiger partial charge in [-0.05, 0) is 11.6 Å². The second-order valence-corrected chi connectivity index (χ2v) is 5.33. The highest BCUT2D eigenvalue weighted by Crippen LogP contribution is 2.27. The Morgan fingerprint density at radius 3 is 2.59 bits per heavy atom. The molecule has 3 N–H and O–H groups in total. The third-order valence-electron chi connectivity index (χ3n) is 3.90. The first-order valence-electron chi connectivity index (χ1n) is 6.93. The molecule has 2 heterocycles. The van der Waals surface area contributed by atoms with E-state index in [0.29, 0.717) is 18.7 Å². The standard InChI is InChI=1S/C16H17N3O2.ClH/c17-14-10-19(9-13(14)11-4-2-1-3-5-11)16(21)12-6-7-18-15(20)8-12;/h1-8,13-14H,9-10,17H2,(H,18,20);1H/t13-,14+;/m0./s1. The molecule has 116 valence electrons. The lowest BCUT2D eigenvalue weighted by atomic mass is 9.95. The molecule has 1 aromatic carbocycles. The van der Waals surface area contributed by atoms with Crippen molar-refractivity contribution >= 4 is 18.3 Å². The van der Waals surface area contributed by atoms with Crippen molar-refractivity contribution in [3.8, 4) is 0 Å². The van der Waals surface area contributed by atoms with E-state index in [1.54, 1.807) is 11.0 Å². The zero-order chi connectivity index (χ0) is 14.8. The number of rotatable bonds is 2. The molecule has 6 heteroatoms. The highest BCUT2D eigenvalue weighted by Gasteiger charge is 2.34. The van der Waals surface area contributed by atoms with Gasteiger partial charge in [0.05, 0.1) is 0 Å². The fourth-order valence-corrected chi connectivity index (χ4v) is 2.81. The molecule has 1 saturated heterocycles. The topological polar surface area (TPSA) is 79.2 Å². The van der Waals surface area contributed by atoms with Gasteiger partial charge in [0.15, 0.2) is 0 Å². The molecule has 0 bridgehead atoms. The number of nitrogens with one attached hydrogen (secondary N) is 1. The molecule has 1 aromatic heterocycles. The normalized spacial score (nSPS) is 20.5. The Morgan fingerprint density at radius 1 is 1.18 bits per heavy atom. The zero-order valence-electron chi connectivity index (χ0n) is 11.9. The van der Waals surface area contributed by atoms with Crippen molar-refractivity contribution in [1.82, 2.24) is 9.88 Å². The largest absolute Gasteiger partial charge is 0.336 e. The minimum Gasteiger partial charge on any atom is -0.336 e. The third-order valence-corrected chi connectivity index (χ3v) is 3.90. The molecule has 0 saturated carbocycles. The molecular weight excluding hydrogens is 302 g/mol. The Labute approximate surface area is 134 Å². The van der Waals surface area contributed by atoms with Crippen LogP contribution in [-0.4, -0.2) is 34.9 Å². The van der Waals surface area contributed by atoms with Gasteiger partial charge < -0.3 is 15.6 Å². The number of hydrogen-bond donors (Lipinski definition) is 2. The highest BCUT2D eigenvalue weighted by molar-refractivity contribution is 5.94. The smallest absolute Gasteiger partial charge is 0.254 e. The molecule has 2 atom stereocenters. The molecule has 1 amide bonds. The van der Waals surface area contributed by atoms with Gasteiger partial charge >= 0.3 is 0 Å². The van der Waals surface area contributed by atoms with Crippen molar-refractivity contribution in [1.29, 1.82) is 0 Å². The number of halogens is 1. The van der Waals surface area contributed by atoms with Crippen LogP contribution >= 0.6 is 12.4 Å². The number of hydrogen-bond acceptors (Lipinski definition) is 3. The molecule has 0 unspecified atom stereocenters. The number of aromatic amines is 1. The highest BCUT2D eigenvalue weighted by atomic mass is 35.5. The van der Waals surface area contributed by atoms with Crippen LogP contribution in [0.4, 0.5) is 0 Å². The minimum atomic E-state index is -0.274. The summed E-state index contributed by atoms with van der Waals surface area (Å²) in [4.78, 5) is 28.0. The molecule has 1 fully saturated rings. The lowest BCUT2D eigenvalue weighted by Gasteiger charge is -2.16. The number of carbonyl (C=O) groups is 1. The van der Waals surface area contributed by atoms with Crippen LogP contribution in [0.5, 0.6) is 0 Å². The maximum Gasteiger partial charge on any atom is 0.254 e. The monoisotopic (exact) mass is 319 g/mol. The predicted octanol–water partition coefficient (Wildman–Crippen LogP) is 1.36. The molecule has 2 aromatic rings. The average molecular weight is 320 g/mol. The first-order valence-corrected chi connectivity index (χ1v) is 6.93. The Morgan fingerprint density at radius 2 is 1.91 bits per heavy atom. The maximum absolute atomic E-state index is 12.4. The Kier molecular flexibility index (Phi) is 5.00. The Hall–Kier alpha value is -2.11. The summed E-state index contributed by atoms with van der Waals surface area (Å²) in [7, 11) is 0. The molecule has 0 aliphatic carbocycles. The van der Waals surface area contributed by atoms with Crippen LogP contribution in [0.15, 0.2) is 53.5 Å². The summed E-state index contributed by atoms with van der Waals surface area (Å²) >= 11 is 0. The van der Waals surface area contributed by atoms with Crippen LogP contribution in [0.3, 0.4) is 0 Å². The lowest BCUT2D eigenvalue weighted by Crippen LogP contribution is -2.32. The minimum absolute atomic E-state index is 0. The van der Waals surface area contributed by atoms with Crippen LogP contribution in [0.1, 0.15) is 21.8 Å². The Balaban J connectivity index is 0.00000176. The Bertz CT molecular complexity index is 702. The second-order valence-electron chi connectivity index (χ2n) is 5.33. The van der Waals surface area contributed by atoms with Gasteiger partial charge in [0.2, 0.25) is 5.56 Å². The van der Waals surface area contributed by atoms with E-state index in [0.717, 1.165) is 5.56 Å². The molecule has 1 aliphatic heterocycles. The summed E-state index contributed by atoms with van der Waals surface area (Å²) in [5.41, 5.74) is 7.46. The molecule has 1 aliphatic rings. The quantitative estimate of drug-likeness (QED) is 0.877. The van der Waals surface area contributed by atoms with Crippen LogP contribution < -0.4 is 11.3 Å². The van der Waals surface area contributed by atoms with Crippen LogP contribution in [0.25, 0.3) is 0 Å². The predicted molar refractivity (Wildman–Crippen MR) is 87.4 cm³/mol. The lowest BCUT2D eigenvalue weighted by molar-refractivity contribution is 0.0789. The van der Waals surface area contributed by atoms with Crippen LogP contribution in [0, 0.1) is 0 Å². The number of aromatic nitrogens is 1. The third kappa shape index (κ3) is 3.21. The molecular formula is C16H18ClN3O2. The van der Waals surface area contributed by atoms with Gasteiger partial charge in [-0.2, -0.15) is 0 Å². The molecule has 0 radical (unpaired) electrons. The first kappa shape index (κ1) is 16.3. The maximum atomic E-state index is 12.4. The summed E-state index contributed by atoms with van der Waals surface area (Å²) in [5, 5.41) is 0. The summed E-state index contributed by atoms with van der Waals surface area (Å²) in [6.45, 7) is 1.09. The summed E-state index contributed by atoms with van der Waals surface area (Å²) in [6, 6.07) is 12.8. The zero-order valence-corrected chi connectivity index (χ0v) is 12.8. The van der Waals surface area contributed by atoms with Gasteiger partial charge in [0.25, 0.3) is 5.91 Å². The van der Waals surface area contributed by atoms with Crippen molar-refractivity contribution in [2.75, 3.05) is 13.1 Å². The summed E-state index contributed by atoms with van der Waals surface area (Å²) < 4.78 is 0. The fourth-order valence-electron chi connectivity index (χ4n) is 2.81. The first-order chi connectivity index (χ1) is 10.1. The van der Waals surface area contributed by atoms with Crippen molar-refractivity contribution in [2.24, 2.45) is 5.73 Å². The SMILES string of the molecule is Cl.N[C@@H]1CN(C(=O)c2cc[nH]c(=O)c2)C[C@H]1c1ccccc1. The van der Waals surface area contributed by atoms with E-state index in [1.807, 2.05) is 30.3 Å². The second kappa shape index (κ2) is 6.77. The number of pyridine rings is 1. The van der Waals surface area contributed by atoms with Gasteiger partial charge in [-0.1, -0.05) is 30.3 Å². The van der Waals surface area contributed by atoms with Crippen molar-refractivity contribution in [2.45, 2.75) is 12.0 Å². The number of nitrogens with two attached hydrogens (primary N) is 1. The van der Waals surface area contributed by atoms with Crippen LogP contribution in [0.2, 0.25) is 0 Å². The molecule has 5 nitrogen and oxygen atoms in total. The van der Waals surface area contributed by atoms with E-state index < -0.39 is 0 Å². The summed E-state index contributed by atoms with van der Waals surface area (Å²) in [6.07, 6.45) is 1.49. The van der Waals surface area contributed by atoms with Crippen molar-refractivity contribution in [3.05, 3.63) is 70.1 Å². The van der Waals surface area contributed by atoms with Gasteiger partial charge in [0, 0.05) is 42.9 Å². The average Bonchev–Trinajstić information content (AvgIpc) is 2.89. The van der Waals surface area contributed by atoms with Crippen LogP contribution in [-0.2, 0) is 0 Å². The van der Waals surface area contributed by atoms with E-state index in [9.17, 15) is 9.59 Å². The van der Waals surface area contributed by atoms with Gasteiger partial charge in [-0.3, -0.25) is 9.59 Å². The molecule has 0 spiro atoms. The van der Waals surface area contributed by atoms with Gasteiger partial charge in [-0.25, -0.2) is 0 Å². The van der Waals surface area contributed by atoms with Gasteiger partial charge in [0.1, 0.15) is 0 Å². The number of carbonyl (C=O) groups excluding carboxylic acids is 1. The molecule has 22 heavy (non-hydrogen) atoms. The number of nitrogens with zero attached hydrogens (tertiary/aromatic N) is 1. The number of likely N-dealkylation sites (tertiary alicyclic amines) is 1. The summed E-state index contributed by atoms with van der Waals surface area (Å²) in [5.74, 6) is -0.00729. The van der Waals surface area contributed by atoms with Gasteiger partial charge in [-0.15, -0.1) is 12.4 Å².